The van der Waals surface area contributed by atoms with E-state index in [2.05, 4.69) is 5.32 Å². The molecular formula is C11H22N2O3S. The molecule has 1 fully saturated rings. The molecule has 1 heterocycles. The minimum absolute atomic E-state index is 0.211. The minimum Gasteiger partial charge on any atom is -0.368 e. The topological polar surface area (TPSA) is 89.3 Å². The van der Waals surface area contributed by atoms with Gasteiger partial charge in [0.1, 0.15) is 9.84 Å². The first-order chi connectivity index (χ1) is 7.94. The zero-order valence-electron chi connectivity index (χ0n) is 10.3. The fourth-order valence-electron chi connectivity index (χ4n) is 2.21. The molecular weight excluding hydrogens is 240 g/mol. The van der Waals surface area contributed by atoms with Crippen molar-refractivity contribution in [2.75, 3.05) is 18.1 Å². The molecule has 6 heteroatoms. The van der Waals surface area contributed by atoms with Crippen LogP contribution in [0.2, 0.25) is 0 Å². The normalized spacial score (nSPS) is 25.7. The predicted octanol–water partition coefficient (Wildman–Crippen LogP) is 0.0548. The van der Waals surface area contributed by atoms with Crippen LogP contribution in [0, 0.1) is 5.92 Å². The lowest BCUT2D eigenvalue weighted by molar-refractivity contribution is -0.120. The van der Waals surface area contributed by atoms with Gasteiger partial charge in [0.05, 0.1) is 11.8 Å². The van der Waals surface area contributed by atoms with Crippen LogP contribution in [-0.4, -0.2) is 38.4 Å². The Bertz CT molecular complexity index is 354. The van der Waals surface area contributed by atoms with Crippen molar-refractivity contribution in [1.82, 2.24) is 5.32 Å². The van der Waals surface area contributed by atoms with Crippen LogP contribution in [0.1, 0.15) is 32.6 Å². The van der Waals surface area contributed by atoms with Crippen LogP contribution < -0.4 is 11.1 Å². The Hall–Kier alpha value is -0.620. The zero-order valence-corrected chi connectivity index (χ0v) is 11.1. The van der Waals surface area contributed by atoms with Crippen LogP contribution >= 0.6 is 0 Å². The number of carbonyl (C=O) groups excluding carboxylic acids is 1. The Morgan fingerprint density at radius 2 is 2.18 bits per heavy atom. The van der Waals surface area contributed by atoms with Gasteiger partial charge in [0, 0.05) is 5.75 Å². The maximum atomic E-state index is 11.3. The molecule has 2 unspecified atom stereocenters. The lowest BCUT2D eigenvalue weighted by Crippen LogP contribution is -2.46. The molecule has 0 aromatic heterocycles. The molecule has 100 valence electrons. The van der Waals surface area contributed by atoms with E-state index >= 15 is 0 Å². The van der Waals surface area contributed by atoms with Gasteiger partial charge in [-0.05, 0) is 38.1 Å². The molecule has 0 aromatic rings. The smallest absolute Gasteiger partial charge is 0.234 e. The minimum atomic E-state index is -2.86. The molecule has 0 aliphatic carbocycles. The van der Waals surface area contributed by atoms with Gasteiger partial charge < -0.3 is 11.1 Å². The number of hydrogen-bond donors (Lipinski definition) is 2. The first-order valence-electron chi connectivity index (χ1n) is 6.17. The van der Waals surface area contributed by atoms with Gasteiger partial charge in [-0.3, -0.25) is 4.79 Å². The highest BCUT2D eigenvalue weighted by Gasteiger charge is 2.25. The number of amides is 1. The Morgan fingerprint density at radius 3 is 2.76 bits per heavy atom. The summed E-state index contributed by atoms with van der Waals surface area (Å²) in [4.78, 5) is 11.0. The number of piperidine rings is 1. The number of carbonyl (C=O) groups is 1. The van der Waals surface area contributed by atoms with E-state index in [1.165, 1.54) is 0 Å². The van der Waals surface area contributed by atoms with Gasteiger partial charge in [0.15, 0.2) is 0 Å². The molecule has 1 aliphatic heterocycles. The van der Waals surface area contributed by atoms with Gasteiger partial charge in [-0.1, -0.05) is 6.92 Å². The number of nitrogens with two attached hydrogens (primary N) is 1. The van der Waals surface area contributed by atoms with Crippen LogP contribution in [0.5, 0.6) is 0 Å². The first kappa shape index (κ1) is 14.4. The lowest BCUT2D eigenvalue weighted by atomic mass is 9.89. The molecule has 17 heavy (non-hydrogen) atoms. The van der Waals surface area contributed by atoms with E-state index < -0.39 is 9.84 Å². The third-order valence-electron chi connectivity index (χ3n) is 3.36. The van der Waals surface area contributed by atoms with Crippen molar-refractivity contribution < 1.29 is 13.2 Å². The summed E-state index contributed by atoms with van der Waals surface area (Å²) in [7, 11) is -2.86. The third kappa shape index (κ3) is 5.04. The third-order valence-corrected chi connectivity index (χ3v) is 5.15. The molecule has 5 nitrogen and oxygen atoms in total. The molecule has 1 amide bonds. The summed E-state index contributed by atoms with van der Waals surface area (Å²) in [5.74, 6) is 0.578. The van der Waals surface area contributed by atoms with Crippen molar-refractivity contribution in [2.24, 2.45) is 11.7 Å². The summed E-state index contributed by atoms with van der Waals surface area (Å²) in [6.07, 6.45) is 3.29. The van der Waals surface area contributed by atoms with Crippen LogP contribution in [0.4, 0.5) is 0 Å². The summed E-state index contributed by atoms with van der Waals surface area (Å²) < 4.78 is 22.7. The average molecular weight is 262 g/mol. The number of hydrogen-bond acceptors (Lipinski definition) is 4. The maximum Gasteiger partial charge on any atom is 0.234 e. The SMILES string of the molecule is CCS(=O)(=O)CCCC1CCNC(C(N)=O)C1. The van der Waals surface area contributed by atoms with E-state index in [9.17, 15) is 13.2 Å². The largest absolute Gasteiger partial charge is 0.368 e. The summed E-state index contributed by atoms with van der Waals surface area (Å²) >= 11 is 0. The molecule has 0 aromatic carbocycles. The fourth-order valence-corrected chi connectivity index (χ4v) is 3.11. The van der Waals surface area contributed by atoms with Gasteiger partial charge in [-0.2, -0.15) is 0 Å². The highest BCUT2D eigenvalue weighted by molar-refractivity contribution is 7.91. The second-order valence-electron chi connectivity index (χ2n) is 4.68. The average Bonchev–Trinajstić information content (AvgIpc) is 2.29. The number of primary amides is 1. The van der Waals surface area contributed by atoms with Crippen molar-refractivity contribution in [1.29, 1.82) is 0 Å². The van der Waals surface area contributed by atoms with Crippen molar-refractivity contribution in [3.63, 3.8) is 0 Å². The van der Waals surface area contributed by atoms with Crippen LogP contribution in [-0.2, 0) is 14.6 Å². The fraction of sp³-hybridized carbons (Fsp3) is 0.909. The first-order valence-corrected chi connectivity index (χ1v) is 8.00. The highest BCUT2D eigenvalue weighted by Crippen LogP contribution is 2.21. The Balaban J connectivity index is 2.30. The molecule has 1 aliphatic rings. The summed E-state index contributed by atoms with van der Waals surface area (Å²) in [5, 5.41) is 3.07. The molecule has 0 radical (unpaired) electrons. The van der Waals surface area contributed by atoms with E-state index in [0.29, 0.717) is 12.3 Å². The van der Waals surface area contributed by atoms with Crippen LogP contribution in [0.15, 0.2) is 0 Å². The van der Waals surface area contributed by atoms with Crippen molar-refractivity contribution in [2.45, 2.75) is 38.6 Å². The number of rotatable bonds is 6. The monoisotopic (exact) mass is 262 g/mol. The lowest BCUT2D eigenvalue weighted by Gasteiger charge is -2.28. The molecule has 1 rings (SSSR count). The Kier molecular flexibility index (Phi) is 5.39. The van der Waals surface area contributed by atoms with E-state index in [-0.39, 0.29) is 23.5 Å². The van der Waals surface area contributed by atoms with Crippen LogP contribution in [0.25, 0.3) is 0 Å². The van der Waals surface area contributed by atoms with E-state index in [1.807, 2.05) is 0 Å². The van der Waals surface area contributed by atoms with Gasteiger partial charge in [-0.25, -0.2) is 8.42 Å². The van der Waals surface area contributed by atoms with Crippen LogP contribution in [0.3, 0.4) is 0 Å². The van der Waals surface area contributed by atoms with E-state index in [0.717, 1.165) is 25.8 Å². The van der Waals surface area contributed by atoms with Gasteiger partial charge >= 0.3 is 0 Å². The van der Waals surface area contributed by atoms with Crippen molar-refractivity contribution in [3.8, 4) is 0 Å². The van der Waals surface area contributed by atoms with Gasteiger partial charge in [0.2, 0.25) is 5.91 Å². The molecule has 0 bridgehead atoms. The summed E-state index contributed by atoms with van der Waals surface area (Å²) in [6.45, 7) is 2.46. The summed E-state index contributed by atoms with van der Waals surface area (Å²) in [6, 6.07) is -0.239. The molecule has 3 N–H and O–H groups in total. The second-order valence-corrected chi connectivity index (χ2v) is 7.15. The molecule has 0 saturated carbocycles. The molecule has 1 saturated heterocycles. The standard InChI is InChI=1S/C11H22N2O3S/c1-2-17(15,16)7-3-4-9-5-6-13-10(8-9)11(12)14/h9-10,13H,2-8H2,1H3,(H2,12,14). The quantitative estimate of drug-likeness (QED) is 0.708. The number of nitrogens with one attached hydrogen (secondary N) is 1. The Morgan fingerprint density at radius 1 is 1.47 bits per heavy atom. The second kappa shape index (κ2) is 6.35. The Labute approximate surface area is 103 Å². The molecule has 0 spiro atoms. The summed E-state index contributed by atoms with van der Waals surface area (Å²) in [5.41, 5.74) is 5.25. The van der Waals surface area contributed by atoms with Gasteiger partial charge in [-0.15, -0.1) is 0 Å². The van der Waals surface area contributed by atoms with Gasteiger partial charge in [0.25, 0.3) is 0 Å². The molecule has 2 atom stereocenters. The zero-order chi connectivity index (χ0) is 12.9. The van der Waals surface area contributed by atoms with Crippen molar-refractivity contribution in [3.05, 3.63) is 0 Å². The maximum absolute atomic E-state index is 11.3. The van der Waals surface area contributed by atoms with E-state index in [1.54, 1.807) is 6.92 Å². The number of sulfone groups is 1. The predicted molar refractivity (Wildman–Crippen MR) is 67.3 cm³/mol. The highest BCUT2D eigenvalue weighted by atomic mass is 32.2. The van der Waals surface area contributed by atoms with Crippen molar-refractivity contribution >= 4 is 15.7 Å². The van der Waals surface area contributed by atoms with E-state index in [4.69, 9.17) is 5.73 Å².